The number of hydrogen-bond donors (Lipinski definition) is 0. The van der Waals surface area contributed by atoms with Crippen molar-refractivity contribution in [2.75, 3.05) is 0 Å². The van der Waals surface area contributed by atoms with Crippen LogP contribution in [-0.4, -0.2) is 28.7 Å². The lowest BCUT2D eigenvalue weighted by molar-refractivity contribution is 0.953. The summed E-state index contributed by atoms with van der Waals surface area (Å²) in [7, 11) is 0. The number of benzene rings is 10. The van der Waals surface area contributed by atoms with Crippen LogP contribution >= 0.6 is 0 Å². The van der Waals surface area contributed by atoms with Crippen molar-refractivity contribution in [3.8, 4) is 62.4 Å². The summed E-state index contributed by atoms with van der Waals surface area (Å²) in [5.74, 6) is 1.74. The van der Waals surface area contributed by atoms with E-state index in [4.69, 9.17) is 15.0 Å². The minimum Gasteiger partial charge on any atom is -0.307 e. The van der Waals surface area contributed by atoms with Gasteiger partial charge in [0.25, 0.3) is 0 Å². The fraction of sp³-hybridized carbons (Fsp3) is 0. The van der Waals surface area contributed by atoms with Crippen LogP contribution in [0.1, 0.15) is 0 Å². The summed E-state index contributed by atoms with van der Waals surface area (Å²) in [6.07, 6.45) is 0. The Morgan fingerprint density at radius 2 is 0.696 bits per heavy atom. The molecule has 0 atom stereocenters. The first kappa shape index (κ1) is 38.8. The zero-order chi connectivity index (χ0) is 45.4. The van der Waals surface area contributed by atoms with Crippen molar-refractivity contribution in [3.05, 3.63) is 243 Å². The molecule has 0 saturated heterocycles. The number of rotatable bonds is 7. The predicted molar refractivity (Wildman–Crippen MR) is 285 cm³/mol. The van der Waals surface area contributed by atoms with E-state index in [1.54, 1.807) is 0 Å². The van der Waals surface area contributed by atoms with Gasteiger partial charge in [-0.15, -0.1) is 0 Å². The number of para-hydroxylation sites is 4. The molecule has 4 heterocycles. The van der Waals surface area contributed by atoms with Crippen molar-refractivity contribution in [1.82, 2.24) is 28.7 Å². The lowest BCUT2D eigenvalue weighted by Crippen LogP contribution is -2.07. The molecular weight excluding hydrogens is 841 g/mol. The standard InChI is InChI=1S/C63H40N6/c1-5-20-41(21-6-1)44-26-19-27-45(38-44)62-64-61(43-24-9-3-10-25-43)65-63(66-62)69-56-35-18-14-31-49(56)52-37-36-51-48-30-13-17-34-55(48)68(59(51)60(52)69)57-40-46(42-22-7-2-8-23-42)39-53-50-32-15-16-33-54(50)67(58(53)57)47-28-11-4-12-29-47/h1-40H. The van der Waals surface area contributed by atoms with Crippen molar-refractivity contribution < 1.29 is 0 Å². The number of aromatic nitrogens is 6. The zero-order valence-electron chi connectivity index (χ0n) is 37.3. The molecule has 4 aromatic heterocycles. The molecule has 6 nitrogen and oxygen atoms in total. The van der Waals surface area contributed by atoms with Gasteiger partial charge in [-0.1, -0.05) is 194 Å². The summed E-state index contributed by atoms with van der Waals surface area (Å²) < 4.78 is 7.24. The van der Waals surface area contributed by atoms with Crippen LogP contribution in [0, 0.1) is 0 Å². The van der Waals surface area contributed by atoms with Crippen LogP contribution < -0.4 is 0 Å². The summed E-state index contributed by atoms with van der Waals surface area (Å²) in [6, 6.07) is 86.4. The van der Waals surface area contributed by atoms with E-state index < -0.39 is 0 Å². The van der Waals surface area contributed by atoms with Gasteiger partial charge in [0.1, 0.15) is 0 Å². The highest BCUT2D eigenvalue weighted by Gasteiger charge is 2.26. The van der Waals surface area contributed by atoms with E-state index in [2.05, 4.69) is 232 Å². The van der Waals surface area contributed by atoms with E-state index in [9.17, 15) is 0 Å². The van der Waals surface area contributed by atoms with E-state index >= 15 is 0 Å². The Kier molecular flexibility index (Phi) is 8.79. The number of nitrogens with zero attached hydrogens (tertiary/aromatic N) is 6. The van der Waals surface area contributed by atoms with Crippen molar-refractivity contribution in [2.24, 2.45) is 0 Å². The lowest BCUT2D eigenvalue weighted by Gasteiger charge is -2.17. The molecule has 14 rings (SSSR count). The van der Waals surface area contributed by atoms with Crippen LogP contribution in [0.15, 0.2) is 243 Å². The molecule has 0 unspecified atom stereocenters. The van der Waals surface area contributed by atoms with Gasteiger partial charge in [0, 0.05) is 49.1 Å². The van der Waals surface area contributed by atoms with Gasteiger partial charge < -0.3 is 9.13 Å². The first-order chi connectivity index (χ1) is 34.2. The minimum absolute atomic E-state index is 0.543. The topological polar surface area (TPSA) is 53.5 Å². The van der Waals surface area contributed by atoms with Gasteiger partial charge in [-0.25, -0.2) is 4.98 Å². The second kappa shape index (κ2) is 15.6. The smallest absolute Gasteiger partial charge is 0.238 e. The third-order valence-corrected chi connectivity index (χ3v) is 13.7. The SMILES string of the molecule is c1ccc(-c2cccc(-c3nc(-c4ccccc4)nc(-n4c5ccccc5c5ccc6c7ccccc7n(-c7cc(-c8ccccc8)cc8c9ccccc9n(-c9ccccc9)c78)c6c54)n3)c2)cc1. The quantitative estimate of drug-likeness (QED) is 0.160. The fourth-order valence-electron chi connectivity index (χ4n) is 10.6. The molecule has 0 N–H and O–H groups in total. The van der Waals surface area contributed by atoms with Crippen molar-refractivity contribution in [2.45, 2.75) is 0 Å². The largest absolute Gasteiger partial charge is 0.307 e. The molecule has 10 aromatic carbocycles. The van der Waals surface area contributed by atoms with Crippen LogP contribution in [0.25, 0.3) is 128 Å². The Balaban J connectivity index is 1.15. The molecule has 0 fully saturated rings. The average molecular weight is 881 g/mol. The summed E-state index contributed by atoms with van der Waals surface area (Å²) in [4.78, 5) is 16.1. The molecular formula is C63H40N6. The summed E-state index contributed by atoms with van der Waals surface area (Å²) >= 11 is 0. The monoisotopic (exact) mass is 880 g/mol. The van der Waals surface area contributed by atoms with E-state index in [1.807, 2.05) is 24.3 Å². The van der Waals surface area contributed by atoms with Crippen molar-refractivity contribution >= 4 is 65.4 Å². The molecule has 322 valence electrons. The first-order valence-electron chi connectivity index (χ1n) is 23.4. The molecule has 0 amide bonds. The Bertz CT molecular complexity index is 4280. The third kappa shape index (κ3) is 6.16. The maximum Gasteiger partial charge on any atom is 0.238 e. The van der Waals surface area contributed by atoms with Gasteiger partial charge in [0.05, 0.1) is 38.8 Å². The summed E-state index contributed by atoms with van der Waals surface area (Å²) in [6.45, 7) is 0. The van der Waals surface area contributed by atoms with E-state index in [1.165, 1.54) is 10.8 Å². The molecule has 0 aliphatic heterocycles. The fourth-order valence-corrected chi connectivity index (χ4v) is 10.6. The Labute approximate surface area is 397 Å². The maximum atomic E-state index is 5.48. The molecule has 14 aromatic rings. The second-order valence-corrected chi connectivity index (χ2v) is 17.6. The Morgan fingerprint density at radius 1 is 0.246 bits per heavy atom. The Morgan fingerprint density at radius 3 is 1.32 bits per heavy atom. The third-order valence-electron chi connectivity index (χ3n) is 13.7. The van der Waals surface area contributed by atoms with Gasteiger partial charge >= 0.3 is 0 Å². The van der Waals surface area contributed by atoms with Gasteiger partial charge in [-0.3, -0.25) is 4.57 Å². The van der Waals surface area contributed by atoms with Crippen LogP contribution in [0.4, 0.5) is 0 Å². The van der Waals surface area contributed by atoms with E-state index in [-0.39, 0.29) is 0 Å². The zero-order valence-corrected chi connectivity index (χ0v) is 37.3. The summed E-state index contributed by atoms with van der Waals surface area (Å²) in [5.41, 5.74) is 15.0. The molecule has 0 aliphatic carbocycles. The Hall–Kier alpha value is -9.39. The van der Waals surface area contributed by atoms with Crippen LogP contribution in [0.2, 0.25) is 0 Å². The maximum absolute atomic E-state index is 5.48. The average Bonchev–Trinajstić information content (AvgIpc) is 4.08. The normalized spacial score (nSPS) is 11.8. The minimum atomic E-state index is 0.543. The molecule has 0 radical (unpaired) electrons. The number of hydrogen-bond acceptors (Lipinski definition) is 3. The summed E-state index contributed by atoms with van der Waals surface area (Å²) in [5, 5.41) is 6.88. The molecule has 0 saturated carbocycles. The van der Waals surface area contributed by atoms with Gasteiger partial charge in [-0.2, -0.15) is 9.97 Å². The molecule has 6 heteroatoms. The van der Waals surface area contributed by atoms with Crippen LogP contribution in [-0.2, 0) is 0 Å². The highest BCUT2D eigenvalue weighted by Crippen LogP contribution is 2.45. The second-order valence-electron chi connectivity index (χ2n) is 17.6. The van der Waals surface area contributed by atoms with Gasteiger partial charge in [-0.05, 0) is 70.8 Å². The van der Waals surface area contributed by atoms with E-state index in [0.29, 0.717) is 17.6 Å². The highest BCUT2D eigenvalue weighted by molar-refractivity contribution is 6.25. The van der Waals surface area contributed by atoms with E-state index in [0.717, 1.165) is 99.4 Å². The molecule has 0 aliphatic rings. The lowest BCUT2D eigenvalue weighted by atomic mass is 10.0. The molecule has 0 spiro atoms. The predicted octanol–water partition coefficient (Wildman–Crippen LogP) is 15.8. The number of fused-ring (bicyclic) bond motifs is 10. The van der Waals surface area contributed by atoms with Crippen molar-refractivity contribution in [3.63, 3.8) is 0 Å². The molecule has 69 heavy (non-hydrogen) atoms. The highest BCUT2D eigenvalue weighted by atomic mass is 15.2. The first-order valence-corrected chi connectivity index (χ1v) is 23.4. The molecule has 0 bridgehead atoms. The van der Waals surface area contributed by atoms with Gasteiger partial charge in [0.2, 0.25) is 5.95 Å². The van der Waals surface area contributed by atoms with Crippen LogP contribution in [0.5, 0.6) is 0 Å². The van der Waals surface area contributed by atoms with Crippen molar-refractivity contribution in [1.29, 1.82) is 0 Å². The van der Waals surface area contributed by atoms with Crippen LogP contribution in [0.3, 0.4) is 0 Å². The van der Waals surface area contributed by atoms with Gasteiger partial charge in [0.15, 0.2) is 11.6 Å².